The third-order valence-corrected chi connectivity index (χ3v) is 17.7. The number of nitrogens with zero attached hydrogens (tertiary/aromatic N) is 8. The molecular formula is C62H65FN12O12S2. The SMILES string of the molecule is Cc1c(Nc2nc3ccccc3s2)nnc2c1CCCN2c1nc(C(=O)O)c(CCCOc2ccc(C#CCN3CCN(C(=O)CCCCCCC(=O)NCCOCCNC(=O)C(=O)c4cccc5c4C(=O)N(C4CCC(=O)NC4=O)C5=O)CC3)cc2F)s1. The number of ether oxygens (including phenoxy) is 2. The van der Waals surface area contributed by atoms with E-state index >= 15 is 4.39 Å². The number of hydrogen-bond donors (Lipinski definition) is 5. The number of carboxylic acid groups (broad SMARTS) is 1. The van der Waals surface area contributed by atoms with Crippen LogP contribution in [0.1, 0.15) is 127 Å². The number of amides is 7. The summed E-state index contributed by atoms with van der Waals surface area (Å²) in [7, 11) is 0. The number of Topliss-reactive ketones (excluding diaryl/α,β-unsaturated/α-hetero) is 1. The molecule has 1 unspecified atom stereocenters. The van der Waals surface area contributed by atoms with Crippen molar-refractivity contribution in [2.45, 2.75) is 90.0 Å². The van der Waals surface area contributed by atoms with Gasteiger partial charge in [0, 0.05) is 92.2 Å². The number of imide groups is 2. The van der Waals surface area contributed by atoms with Gasteiger partial charge < -0.3 is 40.3 Å². The predicted octanol–water partition coefficient (Wildman–Crippen LogP) is 5.90. The van der Waals surface area contributed by atoms with E-state index in [1.807, 2.05) is 41.0 Å². The quantitative estimate of drug-likeness (QED) is 0.0139. The summed E-state index contributed by atoms with van der Waals surface area (Å²) < 4.78 is 27.5. The Bertz CT molecular complexity index is 3770. The molecule has 0 aliphatic carbocycles. The van der Waals surface area contributed by atoms with E-state index in [0.29, 0.717) is 105 Å². The first-order valence-corrected chi connectivity index (χ1v) is 31.2. The van der Waals surface area contributed by atoms with Gasteiger partial charge in [0.1, 0.15) is 6.04 Å². The Morgan fingerprint density at radius 1 is 0.831 bits per heavy atom. The zero-order valence-corrected chi connectivity index (χ0v) is 50.5. The second-order valence-electron chi connectivity index (χ2n) is 21.6. The third kappa shape index (κ3) is 15.3. The minimum Gasteiger partial charge on any atom is -0.491 e. The zero-order chi connectivity index (χ0) is 62.6. The number of piperazine rings is 1. The van der Waals surface area contributed by atoms with E-state index in [1.54, 1.807) is 6.07 Å². The van der Waals surface area contributed by atoms with Crippen molar-refractivity contribution in [3.8, 4) is 17.6 Å². The van der Waals surface area contributed by atoms with Crippen LogP contribution in [0.5, 0.6) is 5.75 Å². The molecule has 10 rings (SSSR count). The van der Waals surface area contributed by atoms with E-state index in [2.05, 4.69) is 58.2 Å². The molecule has 0 saturated carbocycles. The summed E-state index contributed by atoms with van der Waals surface area (Å²) in [5.74, 6) is 0.635. The molecule has 4 aliphatic heterocycles. The Hall–Kier alpha value is -9.10. The number of carbonyl (C=O) groups excluding carboxylic acids is 8. The molecule has 6 aromatic rings. The maximum absolute atomic E-state index is 15.2. The van der Waals surface area contributed by atoms with Crippen molar-refractivity contribution in [1.29, 1.82) is 0 Å². The molecule has 3 aromatic carbocycles. The Labute approximate surface area is 518 Å². The lowest BCUT2D eigenvalue weighted by molar-refractivity contribution is -0.136. The van der Waals surface area contributed by atoms with E-state index in [-0.39, 0.29) is 85.7 Å². The third-order valence-electron chi connectivity index (χ3n) is 15.6. The van der Waals surface area contributed by atoms with Crippen LogP contribution in [0.15, 0.2) is 60.7 Å². The highest BCUT2D eigenvalue weighted by Gasteiger charge is 2.46. The van der Waals surface area contributed by atoms with Crippen LogP contribution in [0.2, 0.25) is 0 Å². The topological polar surface area (TPSA) is 305 Å². The normalized spacial score (nSPS) is 15.7. The molecular weight excluding hydrogens is 1190 g/mol. The second kappa shape index (κ2) is 29.3. The number of para-hydroxylation sites is 1. The average Bonchev–Trinajstić information content (AvgIpc) is 2.60. The monoisotopic (exact) mass is 1250 g/mol. The number of aryl methyl sites for hydroxylation is 1. The number of carbonyl (C=O) groups is 9. The maximum Gasteiger partial charge on any atom is 0.355 e. The number of ketones is 1. The first-order chi connectivity index (χ1) is 43.1. The summed E-state index contributed by atoms with van der Waals surface area (Å²) >= 11 is 2.83. The van der Waals surface area contributed by atoms with E-state index < -0.39 is 53.1 Å². The number of unbranched alkanes of at least 4 members (excludes halogenated alkanes) is 3. The Morgan fingerprint density at radius 3 is 2.39 bits per heavy atom. The van der Waals surface area contributed by atoms with Crippen molar-refractivity contribution in [2.24, 2.45) is 0 Å². The molecule has 89 heavy (non-hydrogen) atoms. The van der Waals surface area contributed by atoms with E-state index in [1.165, 1.54) is 53.0 Å². The molecule has 4 aliphatic rings. The van der Waals surface area contributed by atoms with Crippen LogP contribution in [-0.4, -0.2) is 171 Å². The van der Waals surface area contributed by atoms with Crippen LogP contribution in [-0.2, 0) is 41.6 Å². The lowest BCUT2D eigenvalue weighted by atomic mass is 9.99. The smallest absolute Gasteiger partial charge is 0.355 e. The molecule has 0 spiro atoms. The molecule has 1 atom stereocenters. The predicted molar refractivity (Wildman–Crippen MR) is 326 cm³/mol. The van der Waals surface area contributed by atoms with Gasteiger partial charge in [-0.15, -0.1) is 21.5 Å². The number of thiazole rings is 2. The van der Waals surface area contributed by atoms with Gasteiger partial charge in [-0.1, -0.05) is 54.2 Å². The molecule has 7 amide bonds. The molecule has 2 fully saturated rings. The van der Waals surface area contributed by atoms with Crippen molar-refractivity contribution in [2.75, 3.05) is 82.4 Å². The van der Waals surface area contributed by atoms with Crippen molar-refractivity contribution in [1.82, 2.24) is 50.8 Å². The number of aromatic nitrogens is 4. The molecule has 7 heterocycles. The van der Waals surface area contributed by atoms with Gasteiger partial charge in [0.05, 0.1) is 47.7 Å². The van der Waals surface area contributed by atoms with Gasteiger partial charge in [-0.25, -0.2) is 19.2 Å². The van der Waals surface area contributed by atoms with Gasteiger partial charge in [0.25, 0.3) is 23.5 Å². The van der Waals surface area contributed by atoms with Crippen molar-refractivity contribution in [3.63, 3.8) is 0 Å². The van der Waals surface area contributed by atoms with Gasteiger partial charge in [0.2, 0.25) is 23.6 Å². The van der Waals surface area contributed by atoms with Crippen LogP contribution in [0.3, 0.4) is 0 Å². The standard InChI is InChI=1S/C62H65FN12O12S2/c1-37-39-15-10-28-74(55(39)71-70-54(37)69-61-66-43-16-6-7-17-46(43)88-61)62-68-52(60(84)85)47(89-62)18-11-33-87-45-23-21-38(36-42(45)63)12-9-27-72-29-31-73(32-30-72)50(78)20-5-3-2-4-19-48(76)64-25-34-86-35-26-65-57(81)53(79)40-13-8-14-41-51(40)59(83)75(58(41)82)44-22-24-49(77)67-56(44)80/h6-8,13-14,16-17,21,23,36,44H,2-5,10-11,15,18-20,22,24-35H2,1H3,(H,64,76)(H,65,81)(H,84,85)(H,66,69,70)(H,67,77,80). The minimum absolute atomic E-state index is 0.0228. The molecule has 0 radical (unpaired) electrons. The van der Waals surface area contributed by atoms with Gasteiger partial charge in [-0.2, -0.15) is 0 Å². The lowest BCUT2D eigenvalue weighted by Gasteiger charge is -2.33. The molecule has 27 heteroatoms. The van der Waals surface area contributed by atoms with Gasteiger partial charge in [0.15, 0.2) is 39.2 Å². The summed E-state index contributed by atoms with van der Waals surface area (Å²) in [6.07, 6.45) is 5.93. The number of halogens is 1. The summed E-state index contributed by atoms with van der Waals surface area (Å²) in [6.45, 7) is 6.02. The highest BCUT2D eigenvalue weighted by atomic mass is 32.1. The zero-order valence-electron chi connectivity index (χ0n) is 48.8. The molecule has 0 bridgehead atoms. The number of piperidine rings is 1. The second-order valence-corrected chi connectivity index (χ2v) is 23.7. The van der Waals surface area contributed by atoms with Crippen LogP contribution in [0.25, 0.3) is 10.2 Å². The number of rotatable bonds is 26. The molecule has 5 N–H and O–H groups in total. The summed E-state index contributed by atoms with van der Waals surface area (Å²) in [4.78, 5) is 130. The molecule has 3 aromatic heterocycles. The number of fused-ring (bicyclic) bond motifs is 3. The van der Waals surface area contributed by atoms with Crippen LogP contribution in [0, 0.1) is 24.6 Å². The summed E-state index contributed by atoms with van der Waals surface area (Å²) in [5.41, 5.74) is 2.62. The van der Waals surface area contributed by atoms with Gasteiger partial charge >= 0.3 is 5.97 Å². The average molecular weight is 1250 g/mol. The summed E-state index contributed by atoms with van der Waals surface area (Å²) in [6, 6.07) is 15.2. The fraction of sp³-hybridized carbons (Fsp3) is 0.403. The lowest BCUT2D eigenvalue weighted by Crippen LogP contribution is -2.54. The van der Waals surface area contributed by atoms with Crippen LogP contribution >= 0.6 is 22.7 Å². The highest BCUT2D eigenvalue weighted by molar-refractivity contribution is 7.22. The van der Waals surface area contributed by atoms with Crippen molar-refractivity contribution in [3.05, 3.63) is 110 Å². The Kier molecular flexibility index (Phi) is 20.7. The molecule has 2 saturated heterocycles. The van der Waals surface area contributed by atoms with Crippen molar-refractivity contribution >= 4 is 108 Å². The van der Waals surface area contributed by atoms with E-state index in [0.717, 1.165) is 57.1 Å². The Morgan fingerprint density at radius 2 is 1.62 bits per heavy atom. The van der Waals surface area contributed by atoms with E-state index in [9.17, 15) is 48.3 Å². The number of carboxylic acids is 1. The van der Waals surface area contributed by atoms with E-state index in [4.69, 9.17) is 9.47 Å². The number of aromatic carboxylic acids is 1. The molecule has 24 nitrogen and oxygen atoms in total. The number of benzene rings is 3. The Balaban J connectivity index is 0.558. The van der Waals surface area contributed by atoms with Gasteiger partial charge in [-0.3, -0.25) is 53.5 Å². The van der Waals surface area contributed by atoms with Crippen LogP contribution < -0.4 is 30.9 Å². The fourth-order valence-corrected chi connectivity index (χ4v) is 12.9. The number of nitrogens with one attached hydrogen (secondary N) is 4. The largest absolute Gasteiger partial charge is 0.491 e. The highest BCUT2D eigenvalue weighted by Crippen LogP contribution is 2.39. The summed E-state index contributed by atoms with van der Waals surface area (Å²) in [5, 5.41) is 31.1. The number of anilines is 4. The minimum atomic E-state index is -1.22. The maximum atomic E-state index is 15.2. The number of hydrogen-bond acceptors (Lipinski definition) is 20. The van der Waals surface area contributed by atoms with Crippen molar-refractivity contribution < 1.29 is 62.1 Å². The van der Waals surface area contributed by atoms with Crippen LogP contribution in [0.4, 0.5) is 26.3 Å². The van der Waals surface area contributed by atoms with Gasteiger partial charge in [-0.05, 0) is 94.3 Å². The first kappa shape index (κ1) is 62.9. The fourth-order valence-electron chi connectivity index (χ4n) is 10.9. The molecule has 464 valence electrons. The first-order valence-electron chi connectivity index (χ1n) is 29.5.